The fourth-order valence-corrected chi connectivity index (χ4v) is 5.05. The Labute approximate surface area is 196 Å². The monoisotopic (exact) mass is 483 g/mol. The highest BCUT2D eigenvalue weighted by Gasteiger charge is 2.23. The molecule has 166 valence electrons. The van der Waals surface area contributed by atoms with Crippen molar-refractivity contribution in [3.63, 3.8) is 0 Å². The molecule has 0 saturated carbocycles. The second-order valence-corrected chi connectivity index (χ2v) is 9.60. The summed E-state index contributed by atoms with van der Waals surface area (Å²) in [5.74, 6) is 0.898. The van der Waals surface area contributed by atoms with E-state index in [0.29, 0.717) is 0 Å². The molecule has 4 heteroatoms. The van der Waals surface area contributed by atoms with Gasteiger partial charge in [0.2, 0.25) is 0 Å². The molecule has 0 aliphatic carbocycles. The van der Waals surface area contributed by atoms with Crippen molar-refractivity contribution < 1.29 is 9.30 Å². The third-order valence-electron chi connectivity index (χ3n) is 5.77. The van der Waals surface area contributed by atoms with Crippen molar-refractivity contribution >= 4 is 15.9 Å². The number of halogens is 1. The van der Waals surface area contributed by atoms with Gasteiger partial charge in [-0.3, -0.25) is 0 Å². The zero-order valence-corrected chi connectivity index (χ0v) is 21.5. The van der Waals surface area contributed by atoms with Gasteiger partial charge in [-0.05, 0) is 76.6 Å². The lowest BCUT2D eigenvalue weighted by Gasteiger charge is -2.10. The van der Waals surface area contributed by atoms with Gasteiger partial charge in [0, 0.05) is 5.33 Å². The molecule has 0 amide bonds. The number of alkyl halides is 1. The van der Waals surface area contributed by atoms with Gasteiger partial charge >= 0.3 is 5.88 Å². The summed E-state index contributed by atoms with van der Waals surface area (Å²) in [7, 11) is 0. The van der Waals surface area contributed by atoms with Gasteiger partial charge < -0.3 is 4.74 Å². The molecular weight excluding hydrogens is 448 g/mol. The summed E-state index contributed by atoms with van der Waals surface area (Å²) < 4.78 is 10.8. The van der Waals surface area contributed by atoms with Gasteiger partial charge in [-0.25, -0.2) is 0 Å². The molecule has 0 bridgehead atoms. The van der Waals surface area contributed by atoms with Crippen molar-refractivity contribution in [1.29, 1.82) is 0 Å². The van der Waals surface area contributed by atoms with Crippen molar-refractivity contribution in [2.75, 3.05) is 11.9 Å². The van der Waals surface area contributed by atoms with Crippen LogP contribution in [0.25, 0.3) is 11.4 Å². The topological polar surface area (TPSA) is 18.0 Å². The number of rotatable bonds is 9. The molecule has 0 fully saturated rings. The van der Waals surface area contributed by atoms with Crippen LogP contribution in [-0.4, -0.2) is 16.5 Å². The van der Waals surface area contributed by atoms with Crippen LogP contribution in [-0.2, 0) is 0 Å². The molecule has 0 unspecified atom stereocenters. The molecule has 2 aromatic carbocycles. The Kier molecular flexibility index (Phi) is 7.99. The van der Waals surface area contributed by atoms with Gasteiger partial charge in [0.15, 0.2) is 6.20 Å². The summed E-state index contributed by atoms with van der Waals surface area (Å²) in [5.41, 5.74) is 10.1. The summed E-state index contributed by atoms with van der Waals surface area (Å²) in [6.07, 6.45) is 9.06. The van der Waals surface area contributed by atoms with Gasteiger partial charge in [-0.15, -0.1) is 0 Å². The lowest BCUT2D eigenvalue weighted by molar-refractivity contribution is -0.595. The molecule has 31 heavy (non-hydrogen) atoms. The predicted octanol–water partition coefficient (Wildman–Crippen LogP) is 6.94. The minimum atomic E-state index is 0.738. The minimum absolute atomic E-state index is 0.738. The predicted molar refractivity (Wildman–Crippen MR) is 133 cm³/mol. The Morgan fingerprint density at radius 1 is 0.774 bits per heavy atom. The Morgan fingerprint density at radius 3 is 1.90 bits per heavy atom. The van der Waals surface area contributed by atoms with Gasteiger partial charge in [-0.2, -0.15) is 9.13 Å². The first-order chi connectivity index (χ1) is 14.8. The molecule has 3 nitrogen and oxygen atoms in total. The quantitative estimate of drug-likeness (QED) is 0.183. The summed E-state index contributed by atoms with van der Waals surface area (Å²) in [4.78, 5) is 0. The lowest BCUT2D eigenvalue weighted by Crippen LogP contribution is -2.30. The molecule has 0 spiro atoms. The number of hydrogen-bond donors (Lipinski definition) is 0. The van der Waals surface area contributed by atoms with Crippen LogP contribution in [0.2, 0.25) is 0 Å². The van der Waals surface area contributed by atoms with E-state index in [4.69, 9.17) is 4.74 Å². The van der Waals surface area contributed by atoms with E-state index >= 15 is 0 Å². The Balaban J connectivity index is 2.01. The molecule has 0 N–H and O–H groups in total. The lowest BCUT2D eigenvalue weighted by atomic mass is 10.0. The zero-order valence-electron chi connectivity index (χ0n) is 19.9. The van der Waals surface area contributed by atoms with E-state index in [0.717, 1.165) is 24.2 Å². The van der Waals surface area contributed by atoms with Crippen LogP contribution < -0.4 is 9.30 Å². The van der Waals surface area contributed by atoms with Crippen molar-refractivity contribution in [1.82, 2.24) is 4.57 Å². The molecule has 1 heterocycles. The van der Waals surface area contributed by atoms with Gasteiger partial charge in [0.05, 0.1) is 6.61 Å². The number of unbranched alkanes of at least 4 members (excludes halogenated alkanes) is 3. The SMILES string of the molecule is Cc1cc(C)c(-n2c[n+](-c3c(C)cc(C)cc3C)cc2OCCCCCCBr)c(C)c1. The van der Waals surface area contributed by atoms with E-state index in [1.807, 2.05) is 0 Å². The smallest absolute Gasteiger partial charge is 0.330 e. The van der Waals surface area contributed by atoms with Gasteiger partial charge in [0.25, 0.3) is 6.33 Å². The fourth-order valence-electron chi connectivity index (χ4n) is 4.65. The maximum absolute atomic E-state index is 6.35. The zero-order chi connectivity index (χ0) is 22.5. The number of ether oxygens (including phenoxy) is 1. The van der Waals surface area contributed by atoms with Crippen molar-refractivity contribution in [2.24, 2.45) is 0 Å². The second kappa shape index (κ2) is 10.5. The fraction of sp³-hybridized carbons (Fsp3) is 0.444. The van der Waals surface area contributed by atoms with Crippen LogP contribution in [0.5, 0.6) is 5.88 Å². The average molecular weight is 485 g/mol. The molecule has 0 aliphatic heterocycles. The van der Waals surface area contributed by atoms with E-state index < -0.39 is 0 Å². The summed E-state index contributed by atoms with van der Waals surface area (Å²) in [5, 5.41) is 1.08. The summed E-state index contributed by atoms with van der Waals surface area (Å²) >= 11 is 3.51. The summed E-state index contributed by atoms with van der Waals surface area (Å²) in [6.45, 7) is 13.8. The number of imidazole rings is 1. The van der Waals surface area contributed by atoms with E-state index in [1.165, 1.54) is 64.0 Å². The van der Waals surface area contributed by atoms with Gasteiger partial charge in [-0.1, -0.05) is 64.2 Å². The number of benzene rings is 2. The van der Waals surface area contributed by atoms with Crippen LogP contribution in [0.3, 0.4) is 0 Å². The van der Waals surface area contributed by atoms with Crippen LogP contribution in [0, 0.1) is 41.5 Å². The Bertz CT molecular complexity index is 1010. The maximum atomic E-state index is 6.35. The molecular formula is C27H36BrN2O+. The van der Waals surface area contributed by atoms with Crippen LogP contribution in [0.15, 0.2) is 36.8 Å². The van der Waals surface area contributed by atoms with Crippen LogP contribution in [0.1, 0.15) is 59.1 Å². The molecule has 3 rings (SSSR count). The third kappa shape index (κ3) is 5.60. The number of aryl methyl sites for hydroxylation is 6. The number of aromatic nitrogens is 2. The van der Waals surface area contributed by atoms with Crippen molar-refractivity contribution in [3.8, 4) is 17.3 Å². The summed E-state index contributed by atoms with van der Waals surface area (Å²) in [6, 6.07) is 9.00. The first kappa shape index (κ1) is 23.6. The second-order valence-electron chi connectivity index (χ2n) is 8.81. The number of hydrogen-bond acceptors (Lipinski definition) is 1. The van der Waals surface area contributed by atoms with Crippen LogP contribution >= 0.6 is 15.9 Å². The van der Waals surface area contributed by atoms with Gasteiger partial charge in [0.1, 0.15) is 11.4 Å². The molecule has 0 aliphatic rings. The first-order valence-corrected chi connectivity index (χ1v) is 12.4. The normalized spacial score (nSPS) is 11.2. The molecule has 3 aromatic rings. The van der Waals surface area contributed by atoms with Crippen molar-refractivity contribution in [3.05, 3.63) is 70.2 Å². The highest BCUT2D eigenvalue weighted by molar-refractivity contribution is 9.09. The Hall–Kier alpha value is -2.07. The highest BCUT2D eigenvalue weighted by Crippen LogP contribution is 2.27. The standard InChI is InChI=1S/C27H36BrN2O/c1-19-13-21(3)26(22(4)14-19)29-17-25(31-12-10-8-7-9-11-28)30(18-29)27-23(5)15-20(2)16-24(27)6/h13-18H,7-12H2,1-6H3/q+1. The highest BCUT2D eigenvalue weighted by atomic mass is 79.9. The van der Waals surface area contributed by atoms with E-state index in [-0.39, 0.29) is 0 Å². The van der Waals surface area contributed by atoms with Crippen molar-refractivity contribution in [2.45, 2.75) is 67.2 Å². The molecule has 0 radical (unpaired) electrons. The molecule has 0 atom stereocenters. The maximum Gasteiger partial charge on any atom is 0.330 e. The molecule has 1 aromatic heterocycles. The third-order valence-corrected chi connectivity index (χ3v) is 6.34. The number of nitrogens with zero attached hydrogens (tertiary/aromatic N) is 2. The average Bonchev–Trinajstić information content (AvgIpc) is 3.06. The minimum Gasteiger partial charge on any atom is -0.459 e. The van der Waals surface area contributed by atoms with E-state index in [9.17, 15) is 0 Å². The largest absolute Gasteiger partial charge is 0.459 e. The van der Waals surface area contributed by atoms with E-state index in [1.54, 1.807) is 0 Å². The van der Waals surface area contributed by atoms with Crippen LogP contribution in [0.4, 0.5) is 0 Å². The Morgan fingerprint density at radius 2 is 1.32 bits per heavy atom. The first-order valence-electron chi connectivity index (χ1n) is 11.3. The van der Waals surface area contributed by atoms with E-state index in [2.05, 4.69) is 103 Å². The molecule has 0 saturated heterocycles.